The van der Waals surface area contributed by atoms with Gasteiger partial charge in [-0.15, -0.1) is 0 Å². The van der Waals surface area contributed by atoms with Crippen molar-refractivity contribution in [2.45, 2.75) is 33.7 Å². The van der Waals surface area contributed by atoms with E-state index in [0.29, 0.717) is 32.1 Å². The van der Waals surface area contributed by atoms with Crippen LogP contribution >= 0.6 is 0 Å². The summed E-state index contributed by atoms with van der Waals surface area (Å²) in [6, 6.07) is 1.27. The van der Waals surface area contributed by atoms with Gasteiger partial charge in [0.25, 0.3) is 0 Å². The van der Waals surface area contributed by atoms with E-state index in [-0.39, 0.29) is 11.8 Å². The van der Waals surface area contributed by atoms with Crippen LogP contribution in [0.15, 0.2) is 18.5 Å². The molecule has 2 amide bonds. The SMILES string of the molecule is CC(NC(=O)C(C)(C)C)C(=O)N1CCN(c2ncccn2)CC1. The van der Waals surface area contributed by atoms with Gasteiger partial charge in [-0.1, -0.05) is 20.8 Å². The molecular formula is C16H25N5O2. The topological polar surface area (TPSA) is 78.4 Å². The van der Waals surface area contributed by atoms with Crippen LogP contribution in [0.5, 0.6) is 0 Å². The first-order valence-electron chi connectivity index (χ1n) is 7.91. The zero-order chi connectivity index (χ0) is 17.0. The average Bonchev–Trinajstić information content (AvgIpc) is 2.54. The van der Waals surface area contributed by atoms with Gasteiger partial charge in [-0.05, 0) is 13.0 Å². The van der Waals surface area contributed by atoms with Crippen molar-refractivity contribution >= 4 is 17.8 Å². The number of amides is 2. The summed E-state index contributed by atoms with van der Waals surface area (Å²) in [7, 11) is 0. The lowest BCUT2D eigenvalue weighted by atomic mass is 9.95. The molecule has 1 aliphatic rings. The first kappa shape index (κ1) is 17.2. The van der Waals surface area contributed by atoms with E-state index < -0.39 is 11.5 Å². The van der Waals surface area contributed by atoms with Crippen molar-refractivity contribution in [1.29, 1.82) is 0 Å². The highest BCUT2D eigenvalue weighted by Gasteiger charge is 2.29. The molecule has 1 aliphatic heterocycles. The van der Waals surface area contributed by atoms with Crippen LogP contribution in [0.4, 0.5) is 5.95 Å². The van der Waals surface area contributed by atoms with E-state index in [0.717, 1.165) is 0 Å². The maximum absolute atomic E-state index is 12.5. The van der Waals surface area contributed by atoms with E-state index in [2.05, 4.69) is 20.2 Å². The van der Waals surface area contributed by atoms with Gasteiger partial charge in [-0.25, -0.2) is 9.97 Å². The van der Waals surface area contributed by atoms with Gasteiger partial charge >= 0.3 is 0 Å². The third-order valence-corrected chi connectivity index (χ3v) is 3.83. The number of nitrogens with zero attached hydrogens (tertiary/aromatic N) is 4. The van der Waals surface area contributed by atoms with Crippen molar-refractivity contribution < 1.29 is 9.59 Å². The third-order valence-electron chi connectivity index (χ3n) is 3.83. The predicted molar refractivity (Wildman–Crippen MR) is 87.9 cm³/mol. The van der Waals surface area contributed by atoms with E-state index in [1.54, 1.807) is 30.3 Å². The number of hydrogen-bond donors (Lipinski definition) is 1. The Kier molecular flexibility index (Phi) is 5.18. The van der Waals surface area contributed by atoms with Crippen LogP contribution in [0, 0.1) is 5.41 Å². The summed E-state index contributed by atoms with van der Waals surface area (Å²) < 4.78 is 0. The van der Waals surface area contributed by atoms with Crippen molar-refractivity contribution in [3.63, 3.8) is 0 Å². The summed E-state index contributed by atoms with van der Waals surface area (Å²) in [4.78, 5) is 36.8. The summed E-state index contributed by atoms with van der Waals surface area (Å²) in [5, 5.41) is 2.79. The standard InChI is InChI=1S/C16H25N5O2/c1-12(19-14(23)16(2,3)4)13(22)20-8-10-21(11-9-20)15-17-6-5-7-18-15/h5-7,12H,8-11H2,1-4H3,(H,19,23). The zero-order valence-corrected chi connectivity index (χ0v) is 14.2. The van der Waals surface area contributed by atoms with Gasteiger partial charge in [-0.3, -0.25) is 9.59 Å². The van der Waals surface area contributed by atoms with Gasteiger partial charge < -0.3 is 15.1 Å². The van der Waals surface area contributed by atoms with Crippen molar-refractivity contribution in [3.05, 3.63) is 18.5 Å². The lowest BCUT2D eigenvalue weighted by Gasteiger charge is -2.36. The Morgan fingerprint density at radius 3 is 2.22 bits per heavy atom. The molecule has 126 valence electrons. The Balaban J connectivity index is 1.87. The summed E-state index contributed by atoms with van der Waals surface area (Å²) in [6.07, 6.45) is 3.42. The van der Waals surface area contributed by atoms with E-state index in [4.69, 9.17) is 0 Å². The van der Waals surface area contributed by atoms with E-state index in [9.17, 15) is 9.59 Å². The second-order valence-electron chi connectivity index (χ2n) is 6.81. The smallest absolute Gasteiger partial charge is 0.244 e. The number of piperazine rings is 1. The van der Waals surface area contributed by atoms with Crippen LogP contribution < -0.4 is 10.2 Å². The monoisotopic (exact) mass is 319 g/mol. The van der Waals surface area contributed by atoms with Gasteiger partial charge in [0, 0.05) is 44.0 Å². The number of anilines is 1. The number of hydrogen-bond acceptors (Lipinski definition) is 5. The highest BCUT2D eigenvalue weighted by molar-refractivity contribution is 5.89. The highest BCUT2D eigenvalue weighted by atomic mass is 16.2. The van der Waals surface area contributed by atoms with Crippen LogP contribution in [0.1, 0.15) is 27.7 Å². The first-order chi connectivity index (χ1) is 10.8. The molecule has 1 aromatic rings. The van der Waals surface area contributed by atoms with E-state index in [1.165, 1.54) is 0 Å². The van der Waals surface area contributed by atoms with Gasteiger partial charge in [0.2, 0.25) is 17.8 Å². The zero-order valence-electron chi connectivity index (χ0n) is 14.2. The molecule has 0 saturated carbocycles. The van der Waals surface area contributed by atoms with E-state index >= 15 is 0 Å². The normalized spacial score (nSPS) is 16.9. The number of rotatable bonds is 3. The fraction of sp³-hybridized carbons (Fsp3) is 0.625. The second kappa shape index (κ2) is 6.93. The minimum absolute atomic E-state index is 0.0452. The molecule has 23 heavy (non-hydrogen) atoms. The van der Waals surface area contributed by atoms with Gasteiger partial charge in [0.15, 0.2) is 0 Å². The molecule has 0 bridgehead atoms. The highest BCUT2D eigenvalue weighted by Crippen LogP contribution is 2.14. The van der Waals surface area contributed by atoms with Crippen LogP contribution in [0.2, 0.25) is 0 Å². The molecule has 1 atom stereocenters. The fourth-order valence-corrected chi connectivity index (χ4v) is 2.33. The van der Waals surface area contributed by atoms with E-state index in [1.807, 2.05) is 20.8 Å². The molecule has 1 unspecified atom stereocenters. The van der Waals surface area contributed by atoms with Gasteiger partial charge in [0.1, 0.15) is 6.04 Å². The van der Waals surface area contributed by atoms with Crippen LogP contribution in [-0.2, 0) is 9.59 Å². The predicted octanol–water partition coefficient (Wildman–Crippen LogP) is 0.676. The summed E-state index contributed by atoms with van der Waals surface area (Å²) >= 11 is 0. The maximum Gasteiger partial charge on any atom is 0.244 e. The molecule has 0 spiro atoms. The third kappa shape index (κ3) is 4.40. The fourth-order valence-electron chi connectivity index (χ4n) is 2.33. The Morgan fingerprint density at radius 2 is 1.70 bits per heavy atom. The molecule has 1 aromatic heterocycles. The van der Waals surface area contributed by atoms with Crippen LogP contribution in [-0.4, -0.2) is 58.9 Å². The number of aromatic nitrogens is 2. The van der Waals surface area contributed by atoms with Gasteiger partial charge in [0.05, 0.1) is 0 Å². The molecule has 0 aliphatic carbocycles. The van der Waals surface area contributed by atoms with Gasteiger partial charge in [-0.2, -0.15) is 0 Å². The van der Waals surface area contributed by atoms with Crippen LogP contribution in [0.25, 0.3) is 0 Å². The molecule has 7 nitrogen and oxygen atoms in total. The summed E-state index contributed by atoms with van der Waals surface area (Å²) in [5.74, 6) is 0.527. The van der Waals surface area contributed by atoms with Crippen LogP contribution in [0.3, 0.4) is 0 Å². The van der Waals surface area contributed by atoms with Crippen molar-refractivity contribution in [1.82, 2.24) is 20.2 Å². The Bertz CT molecular complexity index is 547. The summed E-state index contributed by atoms with van der Waals surface area (Å²) in [5.41, 5.74) is -0.502. The maximum atomic E-state index is 12.5. The molecule has 0 radical (unpaired) electrons. The molecule has 1 N–H and O–H groups in total. The molecule has 0 aromatic carbocycles. The lowest BCUT2D eigenvalue weighted by Crippen LogP contribution is -2.55. The Morgan fingerprint density at radius 1 is 1.13 bits per heavy atom. The van der Waals surface area contributed by atoms with Crippen molar-refractivity contribution in [2.24, 2.45) is 5.41 Å². The molecule has 7 heteroatoms. The molecule has 2 heterocycles. The number of carbonyl (C=O) groups excluding carboxylic acids is 2. The average molecular weight is 319 g/mol. The first-order valence-corrected chi connectivity index (χ1v) is 7.91. The van der Waals surface area contributed by atoms with Crippen molar-refractivity contribution in [3.8, 4) is 0 Å². The number of carbonyl (C=O) groups is 2. The number of nitrogens with one attached hydrogen (secondary N) is 1. The quantitative estimate of drug-likeness (QED) is 0.886. The minimum atomic E-state index is -0.513. The van der Waals surface area contributed by atoms with Crippen molar-refractivity contribution in [2.75, 3.05) is 31.1 Å². The Hall–Kier alpha value is -2.18. The molecule has 1 saturated heterocycles. The molecule has 2 rings (SSSR count). The summed E-state index contributed by atoms with van der Waals surface area (Å²) in [6.45, 7) is 9.82. The second-order valence-corrected chi connectivity index (χ2v) is 6.81. The Labute approximate surface area is 137 Å². The lowest BCUT2D eigenvalue weighted by molar-refractivity contribution is -0.138. The largest absolute Gasteiger partial charge is 0.344 e. The minimum Gasteiger partial charge on any atom is -0.344 e. The molecule has 1 fully saturated rings. The molecular weight excluding hydrogens is 294 g/mol.